The second kappa shape index (κ2) is 10.4. The monoisotopic (exact) mass is 412 g/mol. The van der Waals surface area contributed by atoms with Crippen LogP contribution in [-0.2, 0) is 16.1 Å². The van der Waals surface area contributed by atoms with Gasteiger partial charge < -0.3 is 15.0 Å². The number of aryl methyl sites for hydroxylation is 2. The molecule has 30 heavy (non-hydrogen) atoms. The van der Waals surface area contributed by atoms with Crippen molar-refractivity contribution in [2.24, 2.45) is 5.92 Å². The lowest BCUT2D eigenvalue weighted by molar-refractivity contribution is -0.137. The van der Waals surface area contributed by atoms with E-state index in [-0.39, 0.29) is 17.9 Å². The largest absolute Gasteiger partial charge is 0.481 e. The number of carbonyl (C=O) groups excluding carboxylic acids is 1. The van der Waals surface area contributed by atoms with Gasteiger partial charge in [0.2, 0.25) is 5.91 Å². The molecule has 6 nitrogen and oxygen atoms in total. The van der Waals surface area contributed by atoms with Gasteiger partial charge in [0.25, 0.3) is 5.56 Å². The molecule has 0 spiro atoms. The molecule has 1 saturated carbocycles. The highest BCUT2D eigenvalue weighted by Crippen LogP contribution is 2.28. The highest BCUT2D eigenvalue weighted by Gasteiger charge is 2.18. The van der Waals surface area contributed by atoms with Crippen molar-refractivity contribution in [1.29, 1.82) is 0 Å². The van der Waals surface area contributed by atoms with Gasteiger partial charge in [0.1, 0.15) is 0 Å². The quantitative estimate of drug-likeness (QED) is 0.478. The maximum absolute atomic E-state index is 12.9. The summed E-state index contributed by atoms with van der Waals surface area (Å²) >= 11 is 0. The Bertz CT molecular complexity index is 956. The van der Waals surface area contributed by atoms with Crippen molar-refractivity contribution in [3.8, 4) is 0 Å². The van der Waals surface area contributed by atoms with Crippen molar-refractivity contribution in [3.05, 3.63) is 40.3 Å². The number of aliphatic carboxylic acids is 1. The zero-order chi connectivity index (χ0) is 21.5. The number of benzene rings is 1. The summed E-state index contributed by atoms with van der Waals surface area (Å²) in [6, 6.07) is 5.56. The minimum atomic E-state index is -0.819. The van der Waals surface area contributed by atoms with Crippen LogP contribution in [0.5, 0.6) is 0 Å². The molecule has 6 heteroatoms. The van der Waals surface area contributed by atoms with E-state index in [0.29, 0.717) is 37.1 Å². The molecular formula is C24H32N2O4. The second-order valence-electron chi connectivity index (χ2n) is 8.49. The van der Waals surface area contributed by atoms with Crippen LogP contribution in [-0.4, -0.2) is 21.6 Å². The summed E-state index contributed by atoms with van der Waals surface area (Å²) in [5.41, 5.74) is 1.55. The number of hydrogen-bond acceptors (Lipinski definition) is 3. The van der Waals surface area contributed by atoms with E-state index in [1.54, 1.807) is 10.8 Å². The highest BCUT2D eigenvalue weighted by atomic mass is 16.4. The lowest BCUT2D eigenvalue weighted by Crippen LogP contribution is -2.21. The first kappa shape index (κ1) is 22.1. The maximum Gasteiger partial charge on any atom is 0.303 e. The molecule has 2 aromatic rings. The number of aromatic nitrogens is 1. The number of carboxylic acids is 1. The molecule has 1 aromatic carbocycles. The smallest absolute Gasteiger partial charge is 0.303 e. The van der Waals surface area contributed by atoms with Crippen LogP contribution < -0.4 is 10.9 Å². The van der Waals surface area contributed by atoms with Crippen molar-refractivity contribution >= 4 is 28.3 Å². The Kier molecular flexibility index (Phi) is 7.66. The number of pyridine rings is 1. The number of unbranched alkanes of at least 4 members (excludes halogenated alkanes) is 1. The Morgan fingerprint density at radius 3 is 2.50 bits per heavy atom. The van der Waals surface area contributed by atoms with Gasteiger partial charge in [-0.2, -0.15) is 0 Å². The van der Waals surface area contributed by atoms with E-state index >= 15 is 0 Å². The molecule has 1 aromatic heterocycles. The number of nitrogens with zero attached hydrogens (tertiary/aromatic N) is 1. The molecule has 1 fully saturated rings. The summed E-state index contributed by atoms with van der Waals surface area (Å²) in [6.07, 6.45) is 10.7. The van der Waals surface area contributed by atoms with E-state index in [9.17, 15) is 14.4 Å². The van der Waals surface area contributed by atoms with Gasteiger partial charge in [0.15, 0.2) is 0 Å². The van der Waals surface area contributed by atoms with Crippen molar-refractivity contribution in [1.82, 2.24) is 4.57 Å². The number of rotatable bonds is 8. The first-order valence-electron chi connectivity index (χ1n) is 11.1. The van der Waals surface area contributed by atoms with Crippen molar-refractivity contribution in [3.63, 3.8) is 0 Å². The van der Waals surface area contributed by atoms with Crippen LogP contribution in [0.25, 0.3) is 10.8 Å². The molecule has 0 saturated heterocycles. The Hall–Kier alpha value is -2.63. The van der Waals surface area contributed by atoms with E-state index in [0.717, 1.165) is 29.5 Å². The molecule has 0 atom stereocenters. The summed E-state index contributed by atoms with van der Waals surface area (Å²) in [7, 11) is 0. The number of anilines is 1. The number of hydrogen-bond donors (Lipinski definition) is 2. The number of amides is 1. The third-order valence-corrected chi connectivity index (χ3v) is 6.12. The normalized spacial score (nSPS) is 15.1. The lowest BCUT2D eigenvalue weighted by atomic mass is 9.96. The van der Waals surface area contributed by atoms with E-state index in [1.165, 1.54) is 25.7 Å². The van der Waals surface area contributed by atoms with Crippen LogP contribution in [0.1, 0.15) is 69.8 Å². The van der Waals surface area contributed by atoms with Crippen LogP contribution in [0.3, 0.4) is 0 Å². The predicted molar refractivity (Wildman–Crippen MR) is 119 cm³/mol. The van der Waals surface area contributed by atoms with Crippen molar-refractivity contribution in [2.45, 2.75) is 77.7 Å². The van der Waals surface area contributed by atoms with E-state index < -0.39 is 5.97 Å². The number of carboxylic acid groups (broad SMARTS) is 1. The molecule has 0 unspecified atom stereocenters. The lowest BCUT2D eigenvalue weighted by Gasteiger charge is -2.16. The average molecular weight is 413 g/mol. The van der Waals surface area contributed by atoms with E-state index in [2.05, 4.69) is 5.32 Å². The summed E-state index contributed by atoms with van der Waals surface area (Å²) in [5.74, 6) is -0.346. The number of nitrogens with one attached hydrogen (secondary N) is 1. The van der Waals surface area contributed by atoms with Crippen LogP contribution >= 0.6 is 0 Å². The molecule has 1 heterocycles. The molecule has 1 amide bonds. The molecule has 0 radical (unpaired) electrons. The fraction of sp³-hybridized carbons (Fsp3) is 0.542. The second-order valence-corrected chi connectivity index (χ2v) is 8.49. The van der Waals surface area contributed by atoms with Crippen LogP contribution in [0, 0.1) is 12.8 Å². The van der Waals surface area contributed by atoms with E-state index in [1.807, 2.05) is 25.1 Å². The molecular weight excluding hydrogens is 380 g/mol. The molecule has 0 aliphatic heterocycles. The van der Waals surface area contributed by atoms with Crippen LogP contribution in [0.15, 0.2) is 29.2 Å². The fourth-order valence-electron chi connectivity index (χ4n) is 4.40. The summed E-state index contributed by atoms with van der Waals surface area (Å²) < 4.78 is 1.62. The Labute approximate surface area is 177 Å². The molecule has 1 aliphatic carbocycles. The van der Waals surface area contributed by atoms with Gasteiger partial charge in [0, 0.05) is 36.4 Å². The number of fused-ring (bicyclic) bond motifs is 1. The van der Waals surface area contributed by atoms with E-state index in [4.69, 9.17) is 5.11 Å². The summed E-state index contributed by atoms with van der Waals surface area (Å²) in [4.78, 5) is 36.3. The summed E-state index contributed by atoms with van der Waals surface area (Å²) in [6.45, 7) is 2.43. The van der Waals surface area contributed by atoms with Gasteiger partial charge in [0.05, 0.1) is 5.69 Å². The Morgan fingerprint density at radius 1 is 1.07 bits per heavy atom. The zero-order valence-corrected chi connectivity index (χ0v) is 17.8. The van der Waals surface area contributed by atoms with Crippen LogP contribution in [0.4, 0.5) is 5.69 Å². The minimum Gasteiger partial charge on any atom is -0.481 e. The Balaban J connectivity index is 1.75. The topological polar surface area (TPSA) is 88.4 Å². The van der Waals surface area contributed by atoms with Gasteiger partial charge in [-0.3, -0.25) is 14.4 Å². The van der Waals surface area contributed by atoms with Gasteiger partial charge in [-0.1, -0.05) is 31.7 Å². The van der Waals surface area contributed by atoms with Crippen molar-refractivity contribution < 1.29 is 14.7 Å². The predicted octanol–water partition coefficient (Wildman–Crippen LogP) is 4.86. The van der Waals surface area contributed by atoms with Gasteiger partial charge in [-0.25, -0.2) is 0 Å². The maximum atomic E-state index is 12.9. The van der Waals surface area contributed by atoms with Crippen LogP contribution in [0.2, 0.25) is 0 Å². The zero-order valence-electron chi connectivity index (χ0n) is 17.8. The number of carbonyl (C=O) groups is 2. The Morgan fingerprint density at radius 2 is 1.80 bits per heavy atom. The third-order valence-electron chi connectivity index (χ3n) is 6.12. The molecule has 3 rings (SSSR count). The first-order valence-corrected chi connectivity index (χ1v) is 11.1. The standard InChI is InChI=1S/C24H32N2O4/c1-17-11-12-20-19(13-15-26(24(20)30)14-7-6-10-22(28)29)23(17)25-21(27)16-18-8-4-2-3-5-9-18/h11-13,15,18H,2-10,14,16H2,1H3,(H,25,27)(H,28,29). The third kappa shape index (κ3) is 5.71. The molecule has 2 N–H and O–H groups in total. The minimum absolute atomic E-state index is 0.0235. The molecule has 0 bridgehead atoms. The van der Waals surface area contributed by atoms with Gasteiger partial charge in [-0.05, 0) is 56.2 Å². The van der Waals surface area contributed by atoms with Crippen molar-refractivity contribution in [2.75, 3.05) is 5.32 Å². The fourth-order valence-corrected chi connectivity index (χ4v) is 4.40. The van der Waals surface area contributed by atoms with Gasteiger partial charge in [-0.15, -0.1) is 0 Å². The molecule has 162 valence electrons. The highest BCUT2D eigenvalue weighted by molar-refractivity contribution is 6.03. The molecule has 1 aliphatic rings. The SMILES string of the molecule is Cc1ccc2c(=O)n(CCCCC(=O)O)ccc2c1NC(=O)CC1CCCCCC1. The average Bonchev–Trinajstić information content (AvgIpc) is 2.97. The summed E-state index contributed by atoms with van der Waals surface area (Å²) in [5, 5.41) is 13.2. The van der Waals surface area contributed by atoms with Gasteiger partial charge >= 0.3 is 5.97 Å². The first-order chi connectivity index (χ1) is 14.5.